The molecule has 0 bridgehead atoms. The van der Waals surface area contributed by atoms with E-state index in [1.54, 1.807) is 0 Å². The fourth-order valence-corrected chi connectivity index (χ4v) is 2.87. The monoisotopic (exact) mass is 343 g/mol. The van der Waals surface area contributed by atoms with Gasteiger partial charge in [0.2, 0.25) is 0 Å². The number of fused-ring (bicyclic) bond motifs is 1. The molecule has 0 atom stereocenters. The van der Waals surface area contributed by atoms with Crippen molar-refractivity contribution in [1.29, 1.82) is 0 Å². The lowest BCUT2D eigenvalue weighted by atomic mass is 10.1. The van der Waals surface area contributed by atoms with Gasteiger partial charge in [0.25, 0.3) is 0 Å². The Balaban J connectivity index is 1.72. The molecule has 3 aromatic rings. The Morgan fingerprint density at radius 2 is 1.86 bits per heavy atom. The quantitative estimate of drug-likeness (QED) is 0.632. The van der Waals surface area contributed by atoms with Gasteiger partial charge in [-0.1, -0.05) is 41.1 Å². The van der Waals surface area contributed by atoms with E-state index in [4.69, 9.17) is 4.74 Å². The van der Waals surface area contributed by atoms with Crippen LogP contribution in [0, 0.1) is 0 Å². The standard InChI is InChI=1S/C18H18BrNO/c1-2-14-4-3-5-15-10-11-20(18(14)15)12-13-21-17-8-6-16(19)7-9-17/h3-11H,2,12-13H2,1H3. The van der Waals surface area contributed by atoms with E-state index in [-0.39, 0.29) is 0 Å². The van der Waals surface area contributed by atoms with Crippen LogP contribution in [-0.2, 0) is 13.0 Å². The third kappa shape index (κ3) is 3.13. The van der Waals surface area contributed by atoms with Crippen LogP contribution in [0.4, 0.5) is 0 Å². The SMILES string of the molecule is CCc1cccc2ccn(CCOc3ccc(Br)cc3)c12. The van der Waals surface area contributed by atoms with Gasteiger partial charge in [-0.15, -0.1) is 0 Å². The van der Waals surface area contributed by atoms with E-state index >= 15 is 0 Å². The Bertz CT molecular complexity index is 731. The molecule has 21 heavy (non-hydrogen) atoms. The number of para-hydroxylation sites is 1. The van der Waals surface area contributed by atoms with Gasteiger partial charge >= 0.3 is 0 Å². The van der Waals surface area contributed by atoms with E-state index < -0.39 is 0 Å². The third-order valence-corrected chi connectivity index (χ3v) is 4.20. The van der Waals surface area contributed by atoms with Gasteiger partial charge in [-0.05, 0) is 47.7 Å². The molecule has 0 N–H and O–H groups in total. The van der Waals surface area contributed by atoms with Crippen LogP contribution in [0.3, 0.4) is 0 Å². The molecular formula is C18H18BrNO. The second-order valence-electron chi connectivity index (χ2n) is 5.02. The molecule has 0 amide bonds. The van der Waals surface area contributed by atoms with Gasteiger partial charge in [0.05, 0.1) is 12.1 Å². The lowest BCUT2D eigenvalue weighted by Crippen LogP contribution is -2.08. The summed E-state index contributed by atoms with van der Waals surface area (Å²) >= 11 is 3.43. The highest BCUT2D eigenvalue weighted by atomic mass is 79.9. The minimum absolute atomic E-state index is 0.670. The molecule has 2 nitrogen and oxygen atoms in total. The smallest absolute Gasteiger partial charge is 0.119 e. The highest BCUT2D eigenvalue weighted by Crippen LogP contribution is 2.21. The van der Waals surface area contributed by atoms with Crippen LogP contribution in [0.15, 0.2) is 59.2 Å². The minimum Gasteiger partial charge on any atom is -0.492 e. The molecule has 0 aliphatic heterocycles. The number of rotatable bonds is 5. The number of benzene rings is 2. The van der Waals surface area contributed by atoms with Crippen molar-refractivity contribution in [1.82, 2.24) is 4.57 Å². The Labute approximate surface area is 133 Å². The topological polar surface area (TPSA) is 14.2 Å². The Morgan fingerprint density at radius 3 is 2.62 bits per heavy atom. The molecule has 0 spiro atoms. The van der Waals surface area contributed by atoms with Crippen LogP contribution in [0.5, 0.6) is 5.75 Å². The molecule has 0 radical (unpaired) electrons. The summed E-state index contributed by atoms with van der Waals surface area (Å²) < 4.78 is 9.17. The minimum atomic E-state index is 0.670. The van der Waals surface area contributed by atoms with Crippen LogP contribution in [-0.4, -0.2) is 11.2 Å². The number of aryl methyl sites for hydroxylation is 1. The van der Waals surface area contributed by atoms with Gasteiger partial charge in [0.15, 0.2) is 0 Å². The lowest BCUT2D eigenvalue weighted by molar-refractivity contribution is 0.300. The van der Waals surface area contributed by atoms with Gasteiger partial charge in [-0.2, -0.15) is 0 Å². The van der Waals surface area contributed by atoms with E-state index in [2.05, 4.69) is 57.9 Å². The first-order chi connectivity index (χ1) is 10.3. The van der Waals surface area contributed by atoms with E-state index in [1.165, 1.54) is 16.5 Å². The molecule has 0 saturated carbocycles. The number of nitrogens with zero attached hydrogens (tertiary/aromatic N) is 1. The average molecular weight is 344 g/mol. The summed E-state index contributed by atoms with van der Waals surface area (Å²) in [4.78, 5) is 0. The summed E-state index contributed by atoms with van der Waals surface area (Å²) in [5.41, 5.74) is 2.72. The highest BCUT2D eigenvalue weighted by molar-refractivity contribution is 9.10. The van der Waals surface area contributed by atoms with Crippen LogP contribution >= 0.6 is 15.9 Å². The van der Waals surface area contributed by atoms with Crippen LogP contribution < -0.4 is 4.74 Å². The molecule has 0 aliphatic rings. The molecule has 1 aromatic heterocycles. The Morgan fingerprint density at radius 1 is 1.05 bits per heavy atom. The third-order valence-electron chi connectivity index (χ3n) is 3.67. The molecule has 0 saturated heterocycles. The van der Waals surface area contributed by atoms with Crippen molar-refractivity contribution in [3.8, 4) is 5.75 Å². The maximum Gasteiger partial charge on any atom is 0.119 e. The molecule has 2 aromatic carbocycles. The number of aromatic nitrogens is 1. The molecule has 1 heterocycles. The van der Waals surface area contributed by atoms with Crippen molar-refractivity contribution >= 4 is 26.8 Å². The first-order valence-electron chi connectivity index (χ1n) is 7.23. The first-order valence-corrected chi connectivity index (χ1v) is 8.02. The maximum atomic E-state index is 5.82. The van der Waals surface area contributed by atoms with E-state index in [0.717, 1.165) is 23.2 Å². The Hall–Kier alpha value is -1.74. The van der Waals surface area contributed by atoms with Gasteiger partial charge in [0.1, 0.15) is 12.4 Å². The molecule has 3 heteroatoms. The van der Waals surface area contributed by atoms with E-state index in [1.807, 2.05) is 24.3 Å². The van der Waals surface area contributed by atoms with Crippen molar-refractivity contribution in [2.75, 3.05) is 6.61 Å². The zero-order valence-corrected chi connectivity index (χ0v) is 13.6. The zero-order chi connectivity index (χ0) is 14.7. The number of hydrogen-bond acceptors (Lipinski definition) is 1. The molecule has 0 fully saturated rings. The van der Waals surface area contributed by atoms with Crippen LogP contribution in [0.25, 0.3) is 10.9 Å². The molecule has 3 rings (SSSR count). The summed E-state index contributed by atoms with van der Waals surface area (Å²) in [6.07, 6.45) is 3.20. The zero-order valence-electron chi connectivity index (χ0n) is 12.1. The Kier molecular flexibility index (Phi) is 4.30. The number of hydrogen-bond donors (Lipinski definition) is 0. The lowest BCUT2D eigenvalue weighted by Gasteiger charge is -2.10. The second kappa shape index (κ2) is 6.35. The molecule has 108 valence electrons. The number of ether oxygens (including phenoxy) is 1. The highest BCUT2D eigenvalue weighted by Gasteiger charge is 2.05. The summed E-state index contributed by atoms with van der Waals surface area (Å²) in [6.45, 7) is 3.73. The molecule has 0 unspecified atom stereocenters. The van der Waals surface area contributed by atoms with E-state index in [9.17, 15) is 0 Å². The van der Waals surface area contributed by atoms with Gasteiger partial charge < -0.3 is 9.30 Å². The van der Waals surface area contributed by atoms with Crippen LogP contribution in [0.2, 0.25) is 0 Å². The predicted octanol–water partition coefficient (Wildman–Crippen LogP) is 5.05. The van der Waals surface area contributed by atoms with Crippen molar-refractivity contribution in [2.45, 2.75) is 19.9 Å². The number of halogens is 1. The molecular weight excluding hydrogens is 326 g/mol. The predicted molar refractivity (Wildman–Crippen MR) is 91.0 cm³/mol. The largest absolute Gasteiger partial charge is 0.492 e. The first kappa shape index (κ1) is 14.2. The van der Waals surface area contributed by atoms with Crippen LogP contribution in [0.1, 0.15) is 12.5 Å². The van der Waals surface area contributed by atoms with Gasteiger partial charge in [-0.25, -0.2) is 0 Å². The summed E-state index contributed by atoms with van der Waals surface area (Å²) in [7, 11) is 0. The molecule has 0 aliphatic carbocycles. The fourth-order valence-electron chi connectivity index (χ4n) is 2.61. The fraction of sp³-hybridized carbons (Fsp3) is 0.222. The van der Waals surface area contributed by atoms with Gasteiger partial charge in [-0.3, -0.25) is 0 Å². The normalized spacial score (nSPS) is 11.0. The van der Waals surface area contributed by atoms with Gasteiger partial charge in [0, 0.05) is 10.7 Å². The van der Waals surface area contributed by atoms with Crippen molar-refractivity contribution < 1.29 is 4.74 Å². The summed E-state index contributed by atoms with van der Waals surface area (Å²) in [5, 5.41) is 1.30. The summed E-state index contributed by atoms with van der Waals surface area (Å²) in [6, 6.07) is 16.6. The second-order valence-corrected chi connectivity index (χ2v) is 5.94. The summed E-state index contributed by atoms with van der Waals surface area (Å²) in [5.74, 6) is 0.908. The van der Waals surface area contributed by atoms with Crippen molar-refractivity contribution in [3.05, 3.63) is 64.8 Å². The van der Waals surface area contributed by atoms with Crippen molar-refractivity contribution in [3.63, 3.8) is 0 Å². The maximum absolute atomic E-state index is 5.82. The average Bonchev–Trinajstić information content (AvgIpc) is 2.93. The van der Waals surface area contributed by atoms with Crippen molar-refractivity contribution in [2.24, 2.45) is 0 Å². The van der Waals surface area contributed by atoms with E-state index in [0.29, 0.717) is 6.61 Å².